The number of rotatable bonds is 7. The van der Waals surface area contributed by atoms with Gasteiger partial charge in [-0.15, -0.1) is 0 Å². The first kappa shape index (κ1) is 26.5. The van der Waals surface area contributed by atoms with E-state index in [2.05, 4.69) is 20.6 Å². The van der Waals surface area contributed by atoms with Gasteiger partial charge < -0.3 is 20.8 Å². The van der Waals surface area contributed by atoms with Crippen LogP contribution in [0, 0.1) is 0 Å². The number of nitrogens with one attached hydrogen (secondary N) is 2. The molecule has 6 N–H and O–H groups in total. The summed E-state index contributed by atoms with van der Waals surface area (Å²) >= 11 is 0. The number of carboxylic acids is 1. The number of sulfonamides is 1. The van der Waals surface area contributed by atoms with Crippen LogP contribution >= 0.6 is 0 Å². The van der Waals surface area contributed by atoms with E-state index < -0.39 is 28.3 Å². The van der Waals surface area contributed by atoms with Crippen LogP contribution in [0.3, 0.4) is 0 Å². The van der Waals surface area contributed by atoms with E-state index in [1.807, 2.05) is 30.3 Å². The summed E-state index contributed by atoms with van der Waals surface area (Å²) in [6, 6.07) is 17.0. The Hall–Kier alpha value is -3.75. The Morgan fingerprint density at radius 1 is 1.06 bits per heavy atom. The number of primary sulfonamides is 1. The molecule has 34 heavy (non-hydrogen) atoms. The van der Waals surface area contributed by atoms with Gasteiger partial charge in [0.05, 0.1) is 11.0 Å². The largest absolute Gasteiger partial charge is 0.490 e. The standard InChI is InChI=1S/C18H19N5O3S.C2HF3O2/c19-27(25,26)15-8-6-14(7-9-15)22-18-20-11-10-17(23-18)21-12-16(24)13-4-2-1-3-5-13;3-2(4,5)1(6)7/h1-11,16,24H,12H2,(H2,19,25,26)(H2,20,21,22,23);(H,6,7). The number of halogens is 3. The minimum Gasteiger partial charge on any atom is -0.475 e. The molecule has 0 radical (unpaired) electrons. The van der Waals surface area contributed by atoms with Gasteiger partial charge in [-0.2, -0.15) is 18.2 Å². The first-order valence-electron chi connectivity index (χ1n) is 9.36. The van der Waals surface area contributed by atoms with E-state index in [0.717, 1.165) is 5.56 Å². The molecule has 14 heteroatoms. The monoisotopic (exact) mass is 499 g/mol. The van der Waals surface area contributed by atoms with Crippen molar-refractivity contribution in [3.8, 4) is 0 Å². The van der Waals surface area contributed by atoms with Crippen molar-refractivity contribution < 1.29 is 36.6 Å². The number of nitrogens with zero attached hydrogens (tertiary/aromatic N) is 2. The second kappa shape index (κ2) is 11.4. The van der Waals surface area contributed by atoms with E-state index in [-0.39, 0.29) is 4.90 Å². The van der Waals surface area contributed by atoms with Gasteiger partial charge in [0.1, 0.15) is 5.82 Å². The van der Waals surface area contributed by atoms with Crippen LogP contribution in [0.25, 0.3) is 0 Å². The van der Waals surface area contributed by atoms with E-state index in [1.54, 1.807) is 24.4 Å². The van der Waals surface area contributed by atoms with Crippen molar-refractivity contribution in [2.24, 2.45) is 5.14 Å². The summed E-state index contributed by atoms with van der Waals surface area (Å²) in [7, 11) is -3.73. The van der Waals surface area contributed by atoms with E-state index >= 15 is 0 Å². The Morgan fingerprint density at radius 3 is 2.18 bits per heavy atom. The Balaban J connectivity index is 0.000000509. The molecule has 1 unspecified atom stereocenters. The summed E-state index contributed by atoms with van der Waals surface area (Å²) in [5.74, 6) is -1.88. The molecule has 1 aromatic heterocycles. The van der Waals surface area contributed by atoms with Gasteiger partial charge in [-0.3, -0.25) is 0 Å². The number of benzene rings is 2. The number of hydrogen-bond acceptors (Lipinski definition) is 8. The molecule has 0 aliphatic heterocycles. The maximum atomic E-state index is 11.3. The zero-order chi connectivity index (χ0) is 25.4. The molecule has 1 heterocycles. The molecule has 0 bridgehead atoms. The number of aromatic nitrogens is 2. The van der Waals surface area contributed by atoms with Gasteiger partial charge in [0, 0.05) is 18.4 Å². The SMILES string of the molecule is NS(=O)(=O)c1ccc(Nc2nccc(NCC(O)c3ccccc3)n2)cc1.O=C(O)C(F)(F)F. The molecule has 0 fully saturated rings. The molecule has 0 spiro atoms. The number of carboxylic acid groups (broad SMARTS) is 1. The first-order chi connectivity index (χ1) is 15.9. The van der Waals surface area contributed by atoms with Crippen molar-refractivity contribution in [2.45, 2.75) is 17.2 Å². The van der Waals surface area contributed by atoms with Crippen molar-refractivity contribution in [1.29, 1.82) is 0 Å². The summed E-state index contributed by atoms with van der Waals surface area (Å²) in [6.07, 6.45) is -4.17. The third kappa shape index (κ3) is 8.65. The molecule has 182 valence electrons. The number of carbonyl (C=O) groups is 1. The lowest BCUT2D eigenvalue weighted by Gasteiger charge is -2.13. The van der Waals surface area contributed by atoms with Crippen molar-refractivity contribution in [3.05, 3.63) is 72.4 Å². The average Bonchev–Trinajstić information content (AvgIpc) is 2.78. The van der Waals surface area contributed by atoms with Crippen LogP contribution in [0.2, 0.25) is 0 Å². The minimum absolute atomic E-state index is 0.0271. The fourth-order valence-electron chi connectivity index (χ4n) is 2.37. The molecule has 0 saturated carbocycles. The van der Waals surface area contributed by atoms with Gasteiger partial charge in [-0.05, 0) is 35.9 Å². The zero-order valence-electron chi connectivity index (χ0n) is 17.3. The quantitative estimate of drug-likeness (QED) is 0.328. The summed E-state index contributed by atoms with van der Waals surface area (Å²) in [5.41, 5.74) is 1.43. The van der Waals surface area contributed by atoms with E-state index in [0.29, 0.717) is 24.0 Å². The molecule has 0 aliphatic rings. The van der Waals surface area contributed by atoms with E-state index in [4.69, 9.17) is 15.0 Å². The molecule has 10 nitrogen and oxygen atoms in total. The van der Waals surface area contributed by atoms with Crippen LogP contribution in [-0.4, -0.2) is 47.3 Å². The molecule has 3 rings (SSSR count). The van der Waals surface area contributed by atoms with Crippen molar-refractivity contribution >= 4 is 33.4 Å². The van der Waals surface area contributed by atoms with Crippen molar-refractivity contribution in [2.75, 3.05) is 17.2 Å². The number of hydrogen-bond donors (Lipinski definition) is 5. The second-order valence-corrected chi connectivity index (χ2v) is 8.13. The predicted molar refractivity (Wildman–Crippen MR) is 117 cm³/mol. The first-order valence-corrected chi connectivity index (χ1v) is 10.9. The van der Waals surface area contributed by atoms with E-state index in [1.165, 1.54) is 12.1 Å². The van der Waals surface area contributed by atoms with Gasteiger partial charge in [0.2, 0.25) is 16.0 Å². The molecule has 2 aromatic carbocycles. The highest BCUT2D eigenvalue weighted by Gasteiger charge is 2.38. The Labute approximate surface area is 192 Å². The second-order valence-electron chi connectivity index (χ2n) is 6.57. The van der Waals surface area contributed by atoms with Gasteiger partial charge in [-0.25, -0.2) is 23.3 Å². The number of aliphatic hydroxyl groups excluding tert-OH is 1. The zero-order valence-corrected chi connectivity index (χ0v) is 18.1. The summed E-state index contributed by atoms with van der Waals surface area (Å²) in [4.78, 5) is 17.4. The highest BCUT2D eigenvalue weighted by atomic mass is 32.2. The third-order valence-electron chi connectivity index (χ3n) is 4.00. The Morgan fingerprint density at radius 2 is 1.65 bits per heavy atom. The number of alkyl halides is 3. The average molecular weight is 499 g/mol. The number of anilines is 3. The smallest absolute Gasteiger partial charge is 0.475 e. The predicted octanol–water partition coefficient (Wildman–Crippen LogP) is 2.65. The van der Waals surface area contributed by atoms with Crippen LogP contribution in [0.5, 0.6) is 0 Å². The lowest BCUT2D eigenvalue weighted by molar-refractivity contribution is -0.192. The van der Waals surface area contributed by atoms with Crippen molar-refractivity contribution in [1.82, 2.24) is 9.97 Å². The molecular weight excluding hydrogens is 479 g/mol. The molecule has 0 aliphatic carbocycles. The summed E-state index contributed by atoms with van der Waals surface area (Å²) in [6.45, 7) is 0.295. The van der Waals surface area contributed by atoms with Gasteiger partial charge in [0.15, 0.2) is 0 Å². The van der Waals surface area contributed by atoms with Crippen molar-refractivity contribution in [3.63, 3.8) is 0 Å². The van der Waals surface area contributed by atoms with Crippen LogP contribution in [-0.2, 0) is 14.8 Å². The molecule has 0 amide bonds. The van der Waals surface area contributed by atoms with Crippen LogP contribution in [0.4, 0.5) is 30.6 Å². The molecule has 3 aromatic rings. The Bertz CT molecular complexity index is 1190. The highest BCUT2D eigenvalue weighted by molar-refractivity contribution is 7.89. The maximum absolute atomic E-state index is 11.3. The molecular formula is C20H20F3N5O5S. The summed E-state index contributed by atoms with van der Waals surface area (Å²) in [5, 5.41) is 28.4. The van der Waals surface area contributed by atoms with Gasteiger partial charge >= 0.3 is 12.1 Å². The summed E-state index contributed by atoms with van der Waals surface area (Å²) < 4.78 is 54.3. The topological polar surface area (TPSA) is 168 Å². The van der Waals surface area contributed by atoms with Crippen LogP contribution in [0.1, 0.15) is 11.7 Å². The maximum Gasteiger partial charge on any atom is 0.490 e. The normalized spacial score (nSPS) is 12.1. The van der Waals surface area contributed by atoms with Gasteiger partial charge in [0.25, 0.3) is 0 Å². The van der Waals surface area contributed by atoms with E-state index in [9.17, 15) is 26.7 Å². The fourth-order valence-corrected chi connectivity index (χ4v) is 2.88. The minimum atomic E-state index is -5.08. The fraction of sp³-hybridized carbons (Fsp3) is 0.150. The molecule has 1 atom stereocenters. The third-order valence-corrected chi connectivity index (χ3v) is 4.93. The van der Waals surface area contributed by atoms with Crippen LogP contribution in [0.15, 0.2) is 71.8 Å². The Kier molecular flexibility index (Phi) is 8.89. The molecule has 0 saturated heterocycles. The number of aliphatic hydroxyl groups is 1. The van der Waals surface area contributed by atoms with Gasteiger partial charge in [-0.1, -0.05) is 30.3 Å². The lowest BCUT2D eigenvalue weighted by Crippen LogP contribution is -2.21. The highest BCUT2D eigenvalue weighted by Crippen LogP contribution is 2.18. The lowest BCUT2D eigenvalue weighted by atomic mass is 10.1. The number of aliphatic carboxylic acids is 1. The number of nitrogens with two attached hydrogens (primary N) is 1. The van der Waals surface area contributed by atoms with Crippen LogP contribution < -0.4 is 15.8 Å².